The molecule has 74 valence electrons. The fourth-order valence-corrected chi connectivity index (χ4v) is 3.85. The molecule has 0 spiro atoms. The second-order valence-electron chi connectivity index (χ2n) is 5.11. The van der Waals surface area contributed by atoms with Gasteiger partial charge in [0.2, 0.25) is 0 Å². The summed E-state index contributed by atoms with van der Waals surface area (Å²) in [6.45, 7) is 8.79. The van der Waals surface area contributed by atoms with Crippen molar-refractivity contribution in [1.82, 2.24) is 0 Å². The van der Waals surface area contributed by atoms with E-state index in [1.54, 1.807) is 0 Å². The average Bonchev–Trinajstić information content (AvgIpc) is 2.74. The second-order valence-corrected chi connectivity index (χ2v) is 5.11. The Labute approximate surface area is 82.4 Å². The Bertz CT molecular complexity index is 194. The summed E-state index contributed by atoms with van der Waals surface area (Å²) in [5, 5.41) is 0. The van der Waals surface area contributed by atoms with Crippen molar-refractivity contribution in [2.45, 2.75) is 39.5 Å². The third-order valence-corrected chi connectivity index (χ3v) is 4.62. The van der Waals surface area contributed by atoms with Gasteiger partial charge >= 0.3 is 0 Å². The summed E-state index contributed by atoms with van der Waals surface area (Å²) in [5.41, 5.74) is 0. The normalized spacial score (nSPS) is 45.1. The van der Waals surface area contributed by atoms with Crippen molar-refractivity contribution in [2.24, 2.45) is 29.6 Å². The minimum absolute atomic E-state index is 0.855. The van der Waals surface area contributed by atoms with Crippen molar-refractivity contribution in [3.8, 4) is 0 Å². The smallest absolute Gasteiger partial charge is 0.0174 e. The standard InChI is InChI=1S/C13H22/c1-4-9(3)13-11-7-6-10(8-11)12(13)5-2/h5,9-13H,2,4,6-8H2,1,3H3. The van der Waals surface area contributed by atoms with Crippen LogP contribution in [-0.2, 0) is 0 Å². The molecule has 5 atom stereocenters. The van der Waals surface area contributed by atoms with Crippen LogP contribution in [0.25, 0.3) is 0 Å². The lowest BCUT2D eigenvalue weighted by Crippen LogP contribution is -2.26. The fraction of sp³-hybridized carbons (Fsp3) is 0.846. The minimum atomic E-state index is 0.855. The van der Waals surface area contributed by atoms with Crippen molar-refractivity contribution in [2.75, 3.05) is 0 Å². The van der Waals surface area contributed by atoms with Gasteiger partial charge in [-0.1, -0.05) is 26.3 Å². The number of allylic oxidation sites excluding steroid dienone is 1. The molecule has 2 aliphatic carbocycles. The molecule has 5 unspecified atom stereocenters. The molecule has 0 heterocycles. The molecule has 0 aromatic carbocycles. The summed E-state index contributed by atoms with van der Waals surface area (Å²) in [5.74, 6) is 4.79. The molecular formula is C13H22. The summed E-state index contributed by atoms with van der Waals surface area (Å²) >= 11 is 0. The first-order valence-corrected chi connectivity index (χ1v) is 5.90. The fourth-order valence-electron chi connectivity index (χ4n) is 3.85. The van der Waals surface area contributed by atoms with E-state index in [4.69, 9.17) is 0 Å². The van der Waals surface area contributed by atoms with Crippen LogP contribution in [0.1, 0.15) is 39.5 Å². The average molecular weight is 178 g/mol. The van der Waals surface area contributed by atoms with Crippen molar-refractivity contribution in [3.05, 3.63) is 12.7 Å². The number of hydrogen-bond acceptors (Lipinski definition) is 0. The maximum absolute atomic E-state index is 4.03. The van der Waals surface area contributed by atoms with Crippen LogP contribution in [0.4, 0.5) is 0 Å². The van der Waals surface area contributed by atoms with Crippen LogP contribution in [0.5, 0.6) is 0 Å². The topological polar surface area (TPSA) is 0 Å². The molecule has 2 saturated carbocycles. The van der Waals surface area contributed by atoms with Gasteiger partial charge in [-0.2, -0.15) is 0 Å². The number of rotatable bonds is 3. The van der Waals surface area contributed by atoms with Crippen LogP contribution in [0.2, 0.25) is 0 Å². The summed E-state index contributed by atoms with van der Waals surface area (Å²) in [6.07, 6.45) is 8.09. The molecule has 0 aromatic heterocycles. The van der Waals surface area contributed by atoms with E-state index in [1.165, 1.54) is 25.7 Å². The zero-order valence-corrected chi connectivity index (χ0v) is 9.00. The lowest BCUT2D eigenvalue weighted by atomic mass is 9.72. The van der Waals surface area contributed by atoms with E-state index in [0.29, 0.717) is 0 Å². The van der Waals surface area contributed by atoms with Crippen LogP contribution < -0.4 is 0 Å². The SMILES string of the molecule is C=CC1C2CCC(C2)C1C(C)CC. The molecule has 13 heavy (non-hydrogen) atoms. The van der Waals surface area contributed by atoms with Crippen molar-refractivity contribution in [3.63, 3.8) is 0 Å². The highest BCUT2D eigenvalue weighted by Gasteiger charge is 2.47. The summed E-state index contributed by atoms with van der Waals surface area (Å²) in [7, 11) is 0. The Kier molecular flexibility index (Phi) is 2.49. The molecular weight excluding hydrogens is 156 g/mol. The Morgan fingerprint density at radius 3 is 2.69 bits per heavy atom. The van der Waals surface area contributed by atoms with Gasteiger partial charge in [-0.15, -0.1) is 6.58 Å². The maximum atomic E-state index is 4.03. The van der Waals surface area contributed by atoms with E-state index in [2.05, 4.69) is 26.5 Å². The highest BCUT2D eigenvalue weighted by atomic mass is 14.5. The Balaban J connectivity index is 2.12. The van der Waals surface area contributed by atoms with Gasteiger partial charge in [0.15, 0.2) is 0 Å². The summed E-state index contributed by atoms with van der Waals surface area (Å²) in [6, 6.07) is 0. The van der Waals surface area contributed by atoms with E-state index >= 15 is 0 Å². The molecule has 2 fully saturated rings. The first-order chi connectivity index (χ1) is 6.27. The van der Waals surface area contributed by atoms with Gasteiger partial charge in [0.25, 0.3) is 0 Å². The predicted molar refractivity (Wildman–Crippen MR) is 57.5 cm³/mol. The third kappa shape index (κ3) is 1.35. The molecule has 0 amide bonds. The van der Waals surface area contributed by atoms with Crippen LogP contribution in [0.3, 0.4) is 0 Å². The van der Waals surface area contributed by atoms with Gasteiger partial charge in [-0.25, -0.2) is 0 Å². The first-order valence-electron chi connectivity index (χ1n) is 5.90. The quantitative estimate of drug-likeness (QED) is 0.575. The van der Waals surface area contributed by atoms with Gasteiger partial charge in [-0.3, -0.25) is 0 Å². The van der Waals surface area contributed by atoms with Crippen LogP contribution >= 0.6 is 0 Å². The van der Waals surface area contributed by atoms with Crippen LogP contribution in [0, 0.1) is 29.6 Å². The van der Waals surface area contributed by atoms with Crippen molar-refractivity contribution < 1.29 is 0 Å². The van der Waals surface area contributed by atoms with Crippen LogP contribution in [0.15, 0.2) is 12.7 Å². The molecule has 2 aliphatic rings. The second kappa shape index (κ2) is 3.48. The summed E-state index contributed by atoms with van der Waals surface area (Å²) < 4.78 is 0. The zero-order chi connectivity index (χ0) is 9.42. The van der Waals surface area contributed by atoms with Crippen molar-refractivity contribution >= 4 is 0 Å². The number of fused-ring (bicyclic) bond motifs is 2. The lowest BCUT2D eigenvalue weighted by Gasteiger charge is -2.33. The molecule has 0 aliphatic heterocycles. The largest absolute Gasteiger partial charge is 0.103 e. The molecule has 0 aromatic rings. The van der Waals surface area contributed by atoms with Gasteiger partial charge in [-0.05, 0) is 48.9 Å². The Hall–Kier alpha value is -0.260. The van der Waals surface area contributed by atoms with E-state index in [-0.39, 0.29) is 0 Å². The van der Waals surface area contributed by atoms with E-state index in [9.17, 15) is 0 Å². The number of hydrogen-bond donors (Lipinski definition) is 0. The van der Waals surface area contributed by atoms with Gasteiger partial charge in [0.1, 0.15) is 0 Å². The molecule has 0 radical (unpaired) electrons. The highest BCUT2D eigenvalue weighted by Crippen LogP contribution is 2.55. The predicted octanol–water partition coefficient (Wildman–Crippen LogP) is 3.88. The molecule has 0 heteroatoms. The molecule has 2 rings (SSSR count). The summed E-state index contributed by atoms with van der Waals surface area (Å²) in [4.78, 5) is 0. The first kappa shape index (κ1) is 9.30. The Morgan fingerprint density at radius 1 is 1.38 bits per heavy atom. The minimum Gasteiger partial charge on any atom is -0.103 e. The maximum Gasteiger partial charge on any atom is -0.0174 e. The molecule has 0 saturated heterocycles. The van der Waals surface area contributed by atoms with E-state index in [0.717, 1.165) is 29.6 Å². The zero-order valence-electron chi connectivity index (χ0n) is 9.00. The van der Waals surface area contributed by atoms with E-state index < -0.39 is 0 Å². The third-order valence-electron chi connectivity index (χ3n) is 4.62. The van der Waals surface area contributed by atoms with Crippen molar-refractivity contribution in [1.29, 1.82) is 0 Å². The van der Waals surface area contributed by atoms with E-state index in [1.807, 2.05) is 0 Å². The lowest BCUT2D eigenvalue weighted by molar-refractivity contribution is 0.186. The highest BCUT2D eigenvalue weighted by molar-refractivity contribution is 5.03. The monoisotopic (exact) mass is 178 g/mol. The molecule has 0 nitrogen and oxygen atoms in total. The molecule has 0 N–H and O–H groups in total. The Morgan fingerprint density at radius 2 is 2.08 bits per heavy atom. The van der Waals surface area contributed by atoms with Gasteiger partial charge in [0, 0.05) is 0 Å². The van der Waals surface area contributed by atoms with Gasteiger partial charge < -0.3 is 0 Å². The van der Waals surface area contributed by atoms with Crippen LogP contribution in [-0.4, -0.2) is 0 Å². The van der Waals surface area contributed by atoms with Gasteiger partial charge in [0.05, 0.1) is 0 Å². The molecule has 2 bridgehead atoms.